The van der Waals surface area contributed by atoms with Crippen molar-refractivity contribution < 1.29 is 14.3 Å². The van der Waals surface area contributed by atoms with E-state index >= 15 is 0 Å². The van der Waals surface area contributed by atoms with E-state index in [9.17, 15) is 9.59 Å². The van der Waals surface area contributed by atoms with E-state index in [-0.39, 0.29) is 18.9 Å². The van der Waals surface area contributed by atoms with Crippen LogP contribution in [0.4, 0.5) is 0 Å². The molecule has 1 N–H and O–H groups in total. The molecule has 0 saturated heterocycles. The Morgan fingerprint density at radius 1 is 1.11 bits per heavy atom. The maximum absolute atomic E-state index is 13.7. The number of nitriles is 1. The molecule has 6 nitrogen and oxygen atoms in total. The van der Waals surface area contributed by atoms with Crippen molar-refractivity contribution in [3.05, 3.63) is 99.4 Å². The van der Waals surface area contributed by atoms with E-state index in [1.165, 1.54) is 0 Å². The van der Waals surface area contributed by atoms with Gasteiger partial charge in [-0.2, -0.15) is 5.26 Å². The van der Waals surface area contributed by atoms with Gasteiger partial charge >= 0.3 is 5.97 Å². The lowest BCUT2D eigenvalue weighted by Gasteiger charge is -2.32. The molecular weight excluding hydrogens is 462 g/mol. The van der Waals surface area contributed by atoms with Gasteiger partial charge in [0.25, 0.3) is 5.91 Å². The van der Waals surface area contributed by atoms with Crippen LogP contribution in [0.1, 0.15) is 37.3 Å². The van der Waals surface area contributed by atoms with Crippen molar-refractivity contribution >= 4 is 29.6 Å². The molecule has 0 aliphatic carbocycles. The number of hydrogen-bond acceptors (Lipinski definition) is 5. The third-order valence-electron chi connectivity index (χ3n) is 5.68. The second kappa shape index (κ2) is 12.0. The molecule has 35 heavy (non-hydrogen) atoms. The van der Waals surface area contributed by atoms with Gasteiger partial charge < -0.3 is 15.0 Å². The summed E-state index contributed by atoms with van der Waals surface area (Å²) in [5, 5.41) is 12.5. The number of hydrogen-bond donors (Lipinski definition) is 1. The normalized spacial score (nSPS) is 15.6. The number of carbonyl (C=O) groups excluding carboxylic acids is 2. The maximum Gasteiger partial charge on any atom is 0.336 e. The number of amides is 1. The average molecular weight is 490 g/mol. The van der Waals surface area contributed by atoms with Gasteiger partial charge in [-0.05, 0) is 37.1 Å². The number of dihydropyridines is 1. The summed E-state index contributed by atoms with van der Waals surface area (Å²) in [6, 6.07) is 18.9. The summed E-state index contributed by atoms with van der Waals surface area (Å²) < 4.78 is 5.36. The van der Waals surface area contributed by atoms with Crippen LogP contribution in [0, 0.1) is 11.3 Å². The molecule has 1 aliphatic rings. The van der Waals surface area contributed by atoms with Crippen molar-refractivity contribution in [1.82, 2.24) is 10.2 Å². The molecule has 2 aromatic carbocycles. The SMILES string of the molecule is CC1=C(C(=O)OCCC#N)C(c2cccc(Cl)c2)C(C(=O)N(C)CC=Cc2ccccc2)=C(C)N1. The van der Waals surface area contributed by atoms with Crippen molar-refractivity contribution in [3.63, 3.8) is 0 Å². The summed E-state index contributed by atoms with van der Waals surface area (Å²) in [4.78, 5) is 28.4. The zero-order valence-corrected chi connectivity index (χ0v) is 20.8. The van der Waals surface area contributed by atoms with Crippen LogP contribution in [0.5, 0.6) is 0 Å². The number of nitrogens with zero attached hydrogens (tertiary/aromatic N) is 2. The molecule has 7 heteroatoms. The standard InChI is InChI=1S/C28H28ClN3O3/c1-19-24(27(33)32(3)16-8-12-21-10-5-4-6-11-21)26(22-13-7-14-23(29)18-22)25(20(2)31-19)28(34)35-17-9-15-30/h4-8,10-14,18,26,31H,9,16-17H2,1-3H3. The first-order chi connectivity index (χ1) is 16.8. The van der Waals surface area contributed by atoms with Gasteiger partial charge in [0, 0.05) is 35.6 Å². The second-order valence-electron chi connectivity index (χ2n) is 8.23. The number of halogens is 1. The minimum atomic E-state index is -0.669. The average Bonchev–Trinajstić information content (AvgIpc) is 2.84. The van der Waals surface area contributed by atoms with E-state index in [4.69, 9.17) is 21.6 Å². The lowest BCUT2D eigenvalue weighted by atomic mass is 9.80. The molecule has 0 saturated carbocycles. The number of benzene rings is 2. The Kier molecular flexibility index (Phi) is 8.88. The fourth-order valence-corrected chi connectivity index (χ4v) is 4.23. The topological polar surface area (TPSA) is 82.4 Å². The Bertz CT molecular complexity index is 1230. The second-order valence-corrected chi connectivity index (χ2v) is 8.67. The molecule has 0 bridgehead atoms. The zero-order valence-electron chi connectivity index (χ0n) is 20.0. The number of allylic oxidation sites excluding steroid dienone is 2. The third kappa shape index (κ3) is 6.40. The van der Waals surface area contributed by atoms with Crippen LogP contribution in [0.25, 0.3) is 6.08 Å². The lowest BCUT2D eigenvalue weighted by Crippen LogP contribution is -2.37. The summed E-state index contributed by atoms with van der Waals surface area (Å²) in [7, 11) is 1.73. The zero-order chi connectivity index (χ0) is 25.4. The maximum atomic E-state index is 13.7. The fraction of sp³-hybridized carbons (Fsp3) is 0.250. The molecule has 3 rings (SSSR count). The van der Waals surface area contributed by atoms with Crippen molar-refractivity contribution in [2.45, 2.75) is 26.2 Å². The molecule has 0 radical (unpaired) electrons. The van der Waals surface area contributed by atoms with Crippen LogP contribution in [-0.2, 0) is 14.3 Å². The Morgan fingerprint density at radius 3 is 2.51 bits per heavy atom. The van der Waals surface area contributed by atoms with Crippen molar-refractivity contribution in [3.8, 4) is 6.07 Å². The molecule has 1 atom stereocenters. The minimum absolute atomic E-state index is 0.0233. The van der Waals surface area contributed by atoms with Crippen molar-refractivity contribution in [2.24, 2.45) is 0 Å². The van der Waals surface area contributed by atoms with Gasteiger partial charge in [-0.1, -0.05) is 66.2 Å². The molecule has 180 valence electrons. The van der Waals surface area contributed by atoms with Crippen LogP contribution in [0.15, 0.2) is 83.2 Å². The number of ether oxygens (including phenoxy) is 1. The summed E-state index contributed by atoms with van der Waals surface area (Å²) in [6.45, 7) is 3.96. The van der Waals surface area contributed by atoms with E-state index in [0.29, 0.717) is 39.7 Å². The molecule has 0 aromatic heterocycles. The van der Waals surface area contributed by atoms with E-state index in [2.05, 4.69) is 5.32 Å². The van der Waals surface area contributed by atoms with Gasteiger partial charge in [-0.25, -0.2) is 4.79 Å². The largest absolute Gasteiger partial charge is 0.461 e. The number of esters is 1. The van der Waals surface area contributed by atoms with Crippen LogP contribution in [0.2, 0.25) is 5.02 Å². The quantitative estimate of drug-likeness (QED) is 0.407. The fourth-order valence-electron chi connectivity index (χ4n) is 4.03. The predicted octanol–water partition coefficient (Wildman–Crippen LogP) is 5.20. The van der Waals surface area contributed by atoms with Gasteiger partial charge in [0.2, 0.25) is 0 Å². The van der Waals surface area contributed by atoms with Crippen molar-refractivity contribution in [1.29, 1.82) is 5.26 Å². The molecule has 1 unspecified atom stereocenters. The highest BCUT2D eigenvalue weighted by molar-refractivity contribution is 6.30. The predicted molar refractivity (Wildman–Crippen MR) is 137 cm³/mol. The highest BCUT2D eigenvalue weighted by Crippen LogP contribution is 2.40. The third-order valence-corrected chi connectivity index (χ3v) is 5.91. The molecule has 0 spiro atoms. The highest BCUT2D eigenvalue weighted by Gasteiger charge is 2.38. The Morgan fingerprint density at radius 2 is 1.83 bits per heavy atom. The van der Waals surface area contributed by atoms with Crippen LogP contribution in [0.3, 0.4) is 0 Å². The number of carbonyl (C=O) groups is 2. The minimum Gasteiger partial charge on any atom is -0.461 e. The first-order valence-corrected chi connectivity index (χ1v) is 11.7. The Balaban J connectivity index is 1.95. The van der Waals surface area contributed by atoms with E-state index in [0.717, 1.165) is 5.56 Å². The van der Waals surface area contributed by atoms with E-state index in [1.54, 1.807) is 37.1 Å². The summed E-state index contributed by atoms with van der Waals surface area (Å²) in [5.74, 6) is -1.45. The van der Waals surface area contributed by atoms with Crippen LogP contribution < -0.4 is 5.32 Å². The first-order valence-electron chi connectivity index (χ1n) is 11.3. The summed E-state index contributed by atoms with van der Waals surface area (Å²) in [5.41, 5.74) is 3.78. The van der Waals surface area contributed by atoms with Gasteiger partial charge in [0.15, 0.2) is 0 Å². The first kappa shape index (κ1) is 25.8. The monoisotopic (exact) mass is 489 g/mol. The number of likely N-dealkylation sites (N-methyl/N-ethyl adjacent to an activating group) is 1. The smallest absolute Gasteiger partial charge is 0.336 e. The van der Waals surface area contributed by atoms with Gasteiger partial charge in [-0.3, -0.25) is 4.79 Å². The number of nitrogens with one attached hydrogen (secondary N) is 1. The summed E-state index contributed by atoms with van der Waals surface area (Å²) in [6.07, 6.45) is 3.97. The van der Waals surface area contributed by atoms with E-state index < -0.39 is 11.9 Å². The van der Waals surface area contributed by atoms with Crippen molar-refractivity contribution in [2.75, 3.05) is 20.2 Å². The molecule has 1 heterocycles. The molecule has 0 fully saturated rings. The van der Waals surface area contributed by atoms with Gasteiger partial charge in [-0.15, -0.1) is 0 Å². The number of rotatable bonds is 8. The van der Waals surface area contributed by atoms with Crippen LogP contribution >= 0.6 is 11.6 Å². The van der Waals surface area contributed by atoms with E-state index in [1.807, 2.05) is 61.5 Å². The van der Waals surface area contributed by atoms with Crippen LogP contribution in [-0.4, -0.2) is 37.0 Å². The highest BCUT2D eigenvalue weighted by atomic mass is 35.5. The molecule has 2 aromatic rings. The Hall–Kier alpha value is -3.82. The lowest BCUT2D eigenvalue weighted by molar-refractivity contribution is -0.139. The Labute approximate surface area is 211 Å². The summed E-state index contributed by atoms with van der Waals surface area (Å²) >= 11 is 6.28. The molecule has 1 aliphatic heterocycles. The molecular formula is C28H28ClN3O3. The molecule has 1 amide bonds. The van der Waals surface area contributed by atoms with Gasteiger partial charge in [0.1, 0.15) is 6.61 Å². The van der Waals surface area contributed by atoms with Gasteiger partial charge in [0.05, 0.1) is 24.0 Å².